The van der Waals surface area contributed by atoms with Gasteiger partial charge in [0.1, 0.15) is 17.3 Å². The molecule has 4 rings (SSSR count). The molecule has 5 nitrogen and oxygen atoms in total. The van der Waals surface area contributed by atoms with Crippen molar-refractivity contribution in [2.45, 2.75) is 13.1 Å². The van der Waals surface area contributed by atoms with Crippen molar-refractivity contribution >= 4 is 17.2 Å². The Balaban J connectivity index is 1.47. The van der Waals surface area contributed by atoms with Gasteiger partial charge < -0.3 is 14.3 Å². The van der Waals surface area contributed by atoms with Crippen LogP contribution in [0, 0.1) is 0 Å². The summed E-state index contributed by atoms with van der Waals surface area (Å²) in [5.74, 6) is 0.664. The number of thiazole rings is 1. The van der Waals surface area contributed by atoms with Crippen LogP contribution >= 0.6 is 11.3 Å². The highest BCUT2D eigenvalue weighted by atomic mass is 32.1. The van der Waals surface area contributed by atoms with E-state index in [1.165, 1.54) is 0 Å². The molecule has 3 aromatic heterocycles. The van der Waals surface area contributed by atoms with Gasteiger partial charge in [0, 0.05) is 17.1 Å². The number of aromatic nitrogens is 2. The van der Waals surface area contributed by atoms with Crippen molar-refractivity contribution in [3.63, 3.8) is 0 Å². The highest BCUT2D eigenvalue weighted by Gasteiger charge is 2.12. The lowest BCUT2D eigenvalue weighted by atomic mass is 10.2. The number of nitrogens with zero attached hydrogens (tertiary/aromatic N) is 2. The summed E-state index contributed by atoms with van der Waals surface area (Å²) < 4.78 is 7.13. The average molecular weight is 363 g/mol. The van der Waals surface area contributed by atoms with Gasteiger partial charge in [0.15, 0.2) is 0 Å². The zero-order valence-electron chi connectivity index (χ0n) is 14.0. The van der Waals surface area contributed by atoms with Crippen LogP contribution in [0.3, 0.4) is 0 Å². The fourth-order valence-electron chi connectivity index (χ4n) is 2.69. The minimum Gasteiger partial charge on any atom is -0.467 e. The SMILES string of the molecule is O=C(Cn1cccc1-c1nc(-c2ccccc2)cs1)NCc1ccco1. The van der Waals surface area contributed by atoms with Gasteiger partial charge in [-0.15, -0.1) is 11.3 Å². The summed E-state index contributed by atoms with van der Waals surface area (Å²) in [6, 6.07) is 17.6. The normalized spacial score (nSPS) is 10.8. The predicted molar refractivity (Wildman–Crippen MR) is 102 cm³/mol. The average Bonchev–Trinajstić information content (AvgIpc) is 3.42. The van der Waals surface area contributed by atoms with Crippen molar-refractivity contribution in [2.24, 2.45) is 0 Å². The summed E-state index contributed by atoms with van der Waals surface area (Å²) in [4.78, 5) is 17.0. The minimum atomic E-state index is -0.0707. The lowest BCUT2D eigenvalue weighted by Gasteiger charge is -2.08. The Kier molecular flexibility index (Phi) is 4.66. The molecule has 0 bridgehead atoms. The van der Waals surface area contributed by atoms with Crippen LogP contribution in [0.15, 0.2) is 76.9 Å². The van der Waals surface area contributed by atoms with E-state index < -0.39 is 0 Å². The van der Waals surface area contributed by atoms with E-state index in [9.17, 15) is 4.79 Å². The zero-order valence-corrected chi connectivity index (χ0v) is 14.8. The van der Waals surface area contributed by atoms with Gasteiger partial charge in [0.25, 0.3) is 0 Å². The fraction of sp³-hybridized carbons (Fsp3) is 0.100. The van der Waals surface area contributed by atoms with Gasteiger partial charge in [-0.05, 0) is 24.3 Å². The number of hydrogen-bond acceptors (Lipinski definition) is 4. The van der Waals surface area contributed by atoms with Gasteiger partial charge in [0.2, 0.25) is 5.91 Å². The van der Waals surface area contributed by atoms with Crippen LogP contribution < -0.4 is 5.32 Å². The number of carbonyl (C=O) groups is 1. The molecule has 0 saturated carbocycles. The first-order valence-corrected chi connectivity index (χ1v) is 9.13. The fourth-order valence-corrected chi connectivity index (χ4v) is 3.56. The first kappa shape index (κ1) is 16.4. The van der Waals surface area contributed by atoms with Crippen molar-refractivity contribution in [3.8, 4) is 22.0 Å². The summed E-state index contributed by atoms with van der Waals surface area (Å²) in [6.07, 6.45) is 3.49. The van der Waals surface area contributed by atoms with Gasteiger partial charge in [-0.25, -0.2) is 4.98 Å². The molecule has 0 aliphatic heterocycles. The number of benzene rings is 1. The molecular weight excluding hydrogens is 346 g/mol. The molecule has 4 aromatic rings. The van der Waals surface area contributed by atoms with Gasteiger partial charge >= 0.3 is 0 Å². The van der Waals surface area contributed by atoms with E-state index in [-0.39, 0.29) is 12.5 Å². The van der Waals surface area contributed by atoms with E-state index in [4.69, 9.17) is 9.40 Å². The maximum atomic E-state index is 12.2. The van der Waals surface area contributed by atoms with E-state index in [1.54, 1.807) is 23.7 Å². The predicted octanol–water partition coefficient (Wildman–Crippen LogP) is 4.19. The highest BCUT2D eigenvalue weighted by molar-refractivity contribution is 7.13. The lowest BCUT2D eigenvalue weighted by molar-refractivity contribution is -0.121. The van der Waals surface area contributed by atoms with Crippen molar-refractivity contribution in [3.05, 3.63) is 78.2 Å². The molecule has 0 fully saturated rings. The van der Waals surface area contributed by atoms with Crippen LogP contribution in [-0.2, 0) is 17.9 Å². The Bertz CT molecular complexity index is 987. The molecule has 0 atom stereocenters. The standard InChI is InChI=1S/C20H17N3O2S/c24-19(21-12-16-8-5-11-25-16)13-23-10-4-9-18(23)20-22-17(14-26-20)15-6-2-1-3-7-15/h1-11,14H,12-13H2,(H,21,24). The smallest absolute Gasteiger partial charge is 0.240 e. The van der Waals surface area contributed by atoms with Crippen molar-refractivity contribution in [1.29, 1.82) is 0 Å². The maximum Gasteiger partial charge on any atom is 0.240 e. The molecule has 1 aromatic carbocycles. The summed E-state index contributed by atoms with van der Waals surface area (Å²) >= 11 is 1.58. The molecule has 0 spiro atoms. The van der Waals surface area contributed by atoms with Crippen LogP contribution in [0.25, 0.3) is 22.0 Å². The van der Waals surface area contributed by atoms with E-state index in [2.05, 4.69) is 5.32 Å². The quantitative estimate of drug-likeness (QED) is 0.559. The molecule has 1 amide bonds. The number of furan rings is 1. The van der Waals surface area contributed by atoms with E-state index in [1.807, 2.05) is 64.7 Å². The minimum absolute atomic E-state index is 0.0707. The van der Waals surface area contributed by atoms with Gasteiger partial charge in [-0.1, -0.05) is 30.3 Å². The first-order chi connectivity index (χ1) is 12.8. The lowest BCUT2D eigenvalue weighted by Crippen LogP contribution is -2.26. The van der Waals surface area contributed by atoms with Crippen LogP contribution in [0.4, 0.5) is 0 Å². The Morgan fingerprint density at radius 3 is 2.81 bits per heavy atom. The number of nitrogens with one attached hydrogen (secondary N) is 1. The third kappa shape index (κ3) is 3.60. The second kappa shape index (κ2) is 7.41. The molecule has 1 N–H and O–H groups in total. The van der Waals surface area contributed by atoms with Crippen LogP contribution in [0.1, 0.15) is 5.76 Å². The summed E-state index contributed by atoms with van der Waals surface area (Å²) in [7, 11) is 0. The number of amides is 1. The third-order valence-electron chi connectivity index (χ3n) is 3.98. The highest BCUT2D eigenvalue weighted by Crippen LogP contribution is 2.29. The van der Waals surface area contributed by atoms with E-state index in [0.29, 0.717) is 6.54 Å². The summed E-state index contributed by atoms with van der Waals surface area (Å²) in [5.41, 5.74) is 2.97. The molecule has 0 unspecified atom stereocenters. The van der Waals surface area contributed by atoms with E-state index >= 15 is 0 Å². The second-order valence-electron chi connectivity index (χ2n) is 5.78. The Labute approximate surface area is 154 Å². The number of rotatable bonds is 6. The topological polar surface area (TPSA) is 60.1 Å². The van der Waals surface area contributed by atoms with Crippen LogP contribution in [0.2, 0.25) is 0 Å². The van der Waals surface area contributed by atoms with Crippen molar-refractivity contribution in [1.82, 2.24) is 14.9 Å². The molecule has 130 valence electrons. The summed E-state index contributed by atoms with van der Waals surface area (Å²) in [6.45, 7) is 0.626. The molecule has 6 heteroatoms. The Hall–Kier alpha value is -3.12. The van der Waals surface area contributed by atoms with Crippen molar-refractivity contribution < 1.29 is 9.21 Å². The van der Waals surface area contributed by atoms with Gasteiger partial charge in [-0.2, -0.15) is 0 Å². The van der Waals surface area contributed by atoms with Crippen molar-refractivity contribution in [2.75, 3.05) is 0 Å². The number of hydrogen-bond donors (Lipinski definition) is 1. The first-order valence-electron chi connectivity index (χ1n) is 8.25. The summed E-state index contributed by atoms with van der Waals surface area (Å²) in [5, 5.41) is 5.80. The van der Waals surface area contributed by atoms with Gasteiger partial charge in [0.05, 0.1) is 24.2 Å². The maximum absolute atomic E-state index is 12.2. The zero-order chi connectivity index (χ0) is 17.8. The number of carbonyl (C=O) groups excluding carboxylic acids is 1. The monoisotopic (exact) mass is 363 g/mol. The van der Waals surface area contributed by atoms with Gasteiger partial charge in [-0.3, -0.25) is 4.79 Å². The molecular formula is C20H17N3O2S. The van der Waals surface area contributed by atoms with E-state index in [0.717, 1.165) is 27.7 Å². The van der Waals surface area contributed by atoms with Crippen LogP contribution in [-0.4, -0.2) is 15.5 Å². The molecule has 26 heavy (non-hydrogen) atoms. The molecule has 0 aliphatic rings. The largest absolute Gasteiger partial charge is 0.467 e. The third-order valence-corrected chi connectivity index (χ3v) is 4.84. The molecule has 3 heterocycles. The second-order valence-corrected chi connectivity index (χ2v) is 6.64. The Morgan fingerprint density at radius 2 is 2.00 bits per heavy atom. The molecule has 0 saturated heterocycles. The molecule has 0 aliphatic carbocycles. The van der Waals surface area contributed by atoms with Crippen LogP contribution in [0.5, 0.6) is 0 Å². The molecule has 0 radical (unpaired) electrons. The Morgan fingerprint density at radius 1 is 1.12 bits per heavy atom.